The molecule has 0 bridgehead atoms. The number of carbonyl (C=O) groups excluding carboxylic acids is 2. The lowest BCUT2D eigenvalue weighted by atomic mass is 10.1. The fourth-order valence-corrected chi connectivity index (χ4v) is 3.07. The number of anilines is 2. The highest BCUT2D eigenvalue weighted by Crippen LogP contribution is 2.17. The number of rotatable bonds is 6. The molecule has 3 N–H and O–H groups in total. The smallest absolute Gasteiger partial charge is 0.258 e. The van der Waals surface area contributed by atoms with Gasteiger partial charge in [-0.05, 0) is 30.2 Å². The van der Waals surface area contributed by atoms with Gasteiger partial charge < -0.3 is 10.3 Å². The van der Waals surface area contributed by atoms with E-state index in [1.807, 2.05) is 24.3 Å². The average molecular weight is 382 g/mol. The number of thiazole rings is 1. The van der Waals surface area contributed by atoms with E-state index in [0.29, 0.717) is 16.4 Å². The standard InChI is InChI=1S/C19H18N4O3S/c1-2-12-3-6-14(7-4-12)21-17(25)9-15-11-27-19(22-15)23-18(26)13-5-8-16(24)20-10-13/h3-8,10-11H,2,9H2,1H3,(H,20,24)(H,21,25)(H,22,23,26). The van der Waals surface area contributed by atoms with Crippen LogP contribution in [0.1, 0.15) is 28.5 Å². The molecule has 0 unspecified atom stereocenters. The SMILES string of the molecule is CCc1ccc(NC(=O)Cc2csc(NC(=O)c3ccc(=O)[nH]c3)n2)cc1. The summed E-state index contributed by atoms with van der Waals surface area (Å²) in [4.78, 5) is 42.0. The van der Waals surface area contributed by atoms with Gasteiger partial charge in [0, 0.05) is 23.3 Å². The van der Waals surface area contributed by atoms with Crippen LogP contribution < -0.4 is 16.2 Å². The zero-order chi connectivity index (χ0) is 19.2. The van der Waals surface area contributed by atoms with Gasteiger partial charge in [-0.2, -0.15) is 0 Å². The molecule has 138 valence electrons. The third-order valence-corrected chi connectivity index (χ3v) is 4.61. The van der Waals surface area contributed by atoms with Gasteiger partial charge in [0.05, 0.1) is 17.7 Å². The zero-order valence-electron chi connectivity index (χ0n) is 14.6. The van der Waals surface area contributed by atoms with Crippen molar-refractivity contribution in [2.45, 2.75) is 19.8 Å². The highest BCUT2D eigenvalue weighted by molar-refractivity contribution is 7.14. The molecule has 2 aromatic heterocycles. The summed E-state index contributed by atoms with van der Waals surface area (Å²) in [6, 6.07) is 10.4. The van der Waals surface area contributed by atoms with Crippen LogP contribution in [0.15, 0.2) is 52.8 Å². The van der Waals surface area contributed by atoms with Gasteiger partial charge in [0.2, 0.25) is 11.5 Å². The van der Waals surface area contributed by atoms with Crippen molar-refractivity contribution < 1.29 is 9.59 Å². The molecular formula is C19H18N4O3S. The lowest BCUT2D eigenvalue weighted by Crippen LogP contribution is -2.16. The van der Waals surface area contributed by atoms with Crippen molar-refractivity contribution in [1.29, 1.82) is 0 Å². The predicted molar refractivity (Wildman–Crippen MR) is 105 cm³/mol. The summed E-state index contributed by atoms with van der Waals surface area (Å²) in [5, 5.41) is 7.59. The van der Waals surface area contributed by atoms with Crippen molar-refractivity contribution in [3.63, 3.8) is 0 Å². The van der Waals surface area contributed by atoms with Crippen LogP contribution >= 0.6 is 11.3 Å². The van der Waals surface area contributed by atoms with Crippen molar-refractivity contribution in [1.82, 2.24) is 9.97 Å². The van der Waals surface area contributed by atoms with E-state index >= 15 is 0 Å². The molecule has 7 nitrogen and oxygen atoms in total. The number of hydrogen-bond donors (Lipinski definition) is 3. The summed E-state index contributed by atoms with van der Waals surface area (Å²) >= 11 is 1.23. The van der Waals surface area contributed by atoms with Crippen LogP contribution in [-0.2, 0) is 17.6 Å². The molecule has 0 spiro atoms. The van der Waals surface area contributed by atoms with E-state index in [0.717, 1.165) is 12.1 Å². The molecule has 0 aliphatic heterocycles. The third kappa shape index (κ3) is 5.11. The quantitative estimate of drug-likeness (QED) is 0.610. The maximum atomic E-state index is 12.2. The van der Waals surface area contributed by atoms with Crippen molar-refractivity contribution in [2.24, 2.45) is 0 Å². The molecule has 2 amide bonds. The second kappa shape index (κ2) is 8.41. The third-order valence-electron chi connectivity index (χ3n) is 3.81. The maximum absolute atomic E-state index is 12.2. The van der Waals surface area contributed by atoms with Gasteiger partial charge in [-0.15, -0.1) is 11.3 Å². The van der Waals surface area contributed by atoms with Crippen LogP contribution in [0.4, 0.5) is 10.8 Å². The molecule has 0 atom stereocenters. The first-order valence-corrected chi connectivity index (χ1v) is 9.24. The second-order valence-corrected chi connectivity index (χ2v) is 6.67. The Labute approximate surface area is 159 Å². The predicted octanol–water partition coefficient (Wildman–Crippen LogP) is 2.83. The molecular weight excluding hydrogens is 364 g/mol. The van der Waals surface area contributed by atoms with E-state index < -0.39 is 0 Å². The van der Waals surface area contributed by atoms with Gasteiger partial charge in [0.25, 0.3) is 5.91 Å². The molecule has 27 heavy (non-hydrogen) atoms. The Kier molecular flexibility index (Phi) is 5.77. The Balaban J connectivity index is 1.56. The van der Waals surface area contributed by atoms with Gasteiger partial charge in [-0.3, -0.25) is 19.7 Å². The van der Waals surface area contributed by atoms with Crippen LogP contribution in [0, 0.1) is 0 Å². The number of nitrogens with one attached hydrogen (secondary N) is 3. The van der Waals surface area contributed by atoms with Crippen molar-refractivity contribution >= 4 is 34.0 Å². The minimum Gasteiger partial charge on any atom is -0.328 e. The van der Waals surface area contributed by atoms with Crippen LogP contribution in [0.2, 0.25) is 0 Å². The molecule has 3 rings (SSSR count). The van der Waals surface area contributed by atoms with E-state index in [9.17, 15) is 14.4 Å². The summed E-state index contributed by atoms with van der Waals surface area (Å²) in [6.07, 6.45) is 2.39. The minimum atomic E-state index is -0.382. The number of amides is 2. The van der Waals surface area contributed by atoms with Crippen molar-refractivity contribution in [2.75, 3.05) is 10.6 Å². The van der Waals surface area contributed by atoms with E-state index in [2.05, 4.69) is 27.5 Å². The van der Waals surface area contributed by atoms with Crippen LogP contribution in [0.25, 0.3) is 0 Å². The van der Waals surface area contributed by atoms with Crippen LogP contribution in [0.3, 0.4) is 0 Å². The number of aromatic amines is 1. The zero-order valence-corrected chi connectivity index (χ0v) is 15.4. The lowest BCUT2D eigenvalue weighted by Gasteiger charge is -2.05. The Morgan fingerprint density at radius 2 is 1.89 bits per heavy atom. The van der Waals surface area contributed by atoms with Crippen molar-refractivity contribution in [3.8, 4) is 0 Å². The first kappa shape index (κ1) is 18.5. The normalized spacial score (nSPS) is 10.4. The molecule has 3 aromatic rings. The molecule has 0 fully saturated rings. The monoisotopic (exact) mass is 382 g/mol. The molecule has 0 aliphatic rings. The van der Waals surface area contributed by atoms with Gasteiger partial charge in [0.1, 0.15) is 0 Å². The minimum absolute atomic E-state index is 0.112. The number of benzene rings is 1. The number of nitrogens with zero attached hydrogens (tertiary/aromatic N) is 1. The second-order valence-electron chi connectivity index (χ2n) is 5.82. The molecule has 0 saturated heterocycles. The Hall–Kier alpha value is -3.26. The summed E-state index contributed by atoms with van der Waals surface area (Å²) in [7, 11) is 0. The molecule has 0 radical (unpaired) electrons. The van der Waals surface area contributed by atoms with Gasteiger partial charge in [0.15, 0.2) is 5.13 Å². The molecule has 2 heterocycles. The molecule has 8 heteroatoms. The van der Waals surface area contributed by atoms with Gasteiger partial charge in [-0.25, -0.2) is 4.98 Å². The average Bonchev–Trinajstić information content (AvgIpc) is 3.09. The Morgan fingerprint density at radius 1 is 1.11 bits per heavy atom. The number of hydrogen-bond acceptors (Lipinski definition) is 5. The van der Waals surface area contributed by atoms with Gasteiger partial charge in [-0.1, -0.05) is 19.1 Å². The summed E-state index contributed by atoms with van der Waals surface area (Å²) < 4.78 is 0. The Morgan fingerprint density at radius 3 is 2.56 bits per heavy atom. The number of H-pyrrole nitrogens is 1. The maximum Gasteiger partial charge on any atom is 0.258 e. The number of aromatic nitrogens is 2. The highest BCUT2D eigenvalue weighted by Gasteiger charge is 2.11. The number of aryl methyl sites for hydroxylation is 1. The lowest BCUT2D eigenvalue weighted by molar-refractivity contribution is -0.115. The summed E-state index contributed by atoms with van der Waals surface area (Å²) in [5.41, 5.74) is 2.55. The first-order chi connectivity index (χ1) is 13.0. The van der Waals surface area contributed by atoms with E-state index in [1.54, 1.807) is 5.38 Å². The first-order valence-electron chi connectivity index (χ1n) is 8.37. The van der Waals surface area contributed by atoms with E-state index in [-0.39, 0.29) is 23.8 Å². The van der Waals surface area contributed by atoms with Crippen LogP contribution in [0.5, 0.6) is 0 Å². The molecule has 1 aromatic carbocycles. The fraction of sp³-hybridized carbons (Fsp3) is 0.158. The van der Waals surface area contributed by atoms with Crippen LogP contribution in [-0.4, -0.2) is 21.8 Å². The summed E-state index contributed by atoms with van der Waals surface area (Å²) in [5.74, 6) is -0.560. The Bertz CT molecular complexity index is 988. The topological polar surface area (TPSA) is 104 Å². The fourth-order valence-electron chi connectivity index (χ4n) is 2.36. The molecule has 0 aliphatic carbocycles. The molecule has 0 saturated carbocycles. The largest absolute Gasteiger partial charge is 0.328 e. The van der Waals surface area contributed by atoms with Crippen molar-refractivity contribution in [3.05, 3.63) is 75.1 Å². The number of pyridine rings is 1. The van der Waals surface area contributed by atoms with E-state index in [1.165, 1.54) is 35.2 Å². The number of carbonyl (C=O) groups is 2. The van der Waals surface area contributed by atoms with E-state index in [4.69, 9.17) is 0 Å². The summed E-state index contributed by atoms with van der Waals surface area (Å²) in [6.45, 7) is 2.07. The van der Waals surface area contributed by atoms with Gasteiger partial charge >= 0.3 is 0 Å². The highest BCUT2D eigenvalue weighted by atomic mass is 32.1.